The number of fused-ring (bicyclic) bond motifs is 1. The first-order valence-electron chi connectivity index (χ1n) is 6.53. The molecule has 4 heteroatoms. The molecule has 0 spiro atoms. The normalized spacial score (nSPS) is 14.1. The molecule has 0 saturated heterocycles. The molecule has 0 atom stereocenters. The van der Waals surface area contributed by atoms with Gasteiger partial charge in [0.2, 0.25) is 0 Å². The highest BCUT2D eigenvalue weighted by Gasteiger charge is 2.18. The van der Waals surface area contributed by atoms with Gasteiger partial charge in [-0.3, -0.25) is 0 Å². The van der Waals surface area contributed by atoms with Crippen molar-refractivity contribution in [1.82, 2.24) is 0 Å². The number of ether oxygens (including phenoxy) is 1. The van der Waals surface area contributed by atoms with Crippen molar-refractivity contribution >= 4 is 28.9 Å². The van der Waals surface area contributed by atoms with E-state index < -0.39 is 0 Å². The van der Waals surface area contributed by atoms with Crippen LogP contribution in [0.5, 0.6) is 5.75 Å². The number of benzene rings is 2. The minimum absolute atomic E-state index is 0.667. The molecule has 2 nitrogen and oxygen atoms in total. The Kier molecular flexibility index (Phi) is 3.77. The Balaban J connectivity index is 1.88. The van der Waals surface area contributed by atoms with Crippen LogP contribution in [0.3, 0.4) is 0 Å². The lowest BCUT2D eigenvalue weighted by Gasteiger charge is -2.31. The Hall–Kier alpha value is -1.38. The average molecular weight is 308 g/mol. The van der Waals surface area contributed by atoms with Gasteiger partial charge in [0.05, 0.1) is 17.8 Å². The maximum Gasteiger partial charge on any atom is 0.119 e. The van der Waals surface area contributed by atoms with Gasteiger partial charge in [0.25, 0.3) is 0 Å². The van der Waals surface area contributed by atoms with E-state index in [4.69, 9.17) is 27.9 Å². The van der Waals surface area contributed by atoms with Gasteiger partial charge in [-0.2, -0.15) is 0 Å². The number of anilines is 1. The number of hydrogen-bond donors (Lipinski definition) is 0. The zero-order chi connectivity index (χ0) is 14.1. The van der Waals surface area contributed by atoms with E-state index in [1.54, 1.807) is 13.2 Å². The second-order valence-corrected chi connectivity index (χ2v) is 5.75. The molecular formula is C16H15Cl2NO. The summed E-state index contributed by atoms with van der Waals surface area (Å²) in [5.41, 5.74) is 3.71. The SMILES string of the molecule is COc1ccc2c(c1)CCN(c1ccc(Cl)cc1Cl)C2. The summed E-state index contributed by atoms with van der Waals surface area (Å²) in [7, 11) is 1.70. The molecule has 2 aromatic carbocycles. The molecule has 104 valence electrons. The minimum atomic E-state index is 0.667. The Morgan fingerprint density at radius 1 is 1.05 bits per heavy atom. The van der Waals surface area contributed by atoms with Crippen molar-refractivity contribution in [2.45, 2.75) is 13.0 Å². The van der Waals surface area contributed by atoms with Crippen LogP contribution in [0.25, 0.3) is 0 Å². The fraction of sp³-hybridized carbons (Fsp3) is 0.250. The third-order valence-electron chi connectivity index (χ3n) is 3.68. The summed E-state index contributed by atoms with van der Waals surface area (Å²) in [5.74, 6) is 0.918. The third-order valence-corrected chi connectivity index (χ3v) is 4.21. The predicted molar refractivity (Wildman–Crippen MR) is 84.2 cm³/mol. The lowest BCUT2D eigenvalue weighted by atomic mass is 9.99. The number of rotatable bonds is 2. The standard InChI is InChI=1S/C16H15Cl2NO/c1-20-14-4-2-12-10-19(7-6-11(12)8-14)16-5-3-13(17)9-15(16)18/h2-5,8-9H,6-7,10H2,1H3. The number of hydrogen-bond acceptors (Lipinski definition) is 2. The van der Waals surface area contributed by atoms with E-state index in [9.17, 15) is 0 Å². The molecule has 1 aliphatic rings. The van der Waals surface area contributed by atoms with E-state index >= 15 is 0 Å². The first-order chi connectivity index (χ1) is 9.67. The topological polar surface area (TPSA) is 12.5 Å². The summed E-state index contributed by atoms with van der Waals surface area (Å²) in [6.07, 6.45) is 0.992. The minimum Gasteiger partial charge on any atom is -0.497 e. The maximum atomic E-state index is 6.29. The molecule has 0 N–H and O–H groups in total. The van der Waals surface area contributed by atoms with E-state index in [2.05, 4.69) is 17.0 Å². The maximum absolute atomic E-state index is 6.29. The highest BCUT2D eigenvalue weighted by atomic mass is 35.5. The Morgan fingerprint density at radius 3 is 2.65 bits per heavy atom. The van der Waals surface area contributed by atoms with E-state index in [0.717, 1.165) is 30.9 Å². The van der Waals surface area contributed by atoms with Gasteiger partial charge in [-0.05, 0) is 47.9 Å². The Morgan fingerprint density at radius 2 is 1.90 bits per heavy atom. The summed E-state index contributed by atoms with van der Waals surface area (Å²) < 4.78 is 5.27. The van der Waals surface area contributed by atoms with E-state index in [-0.39, 0.29) is 0 Å². The van der Waals surface area contributed by atoms with Gasteiger partial charge in [0, 0.05) is 18.1 Å². The lowest BCUT2D eigenvalue weighted by Crippen LogP contribution is -2.30. The number of methoxy groups -OCH3 is 1. The van der Waals surface area contributed by atoms with E-state index in [1.807, 2.05) is 18.2 Å². The zero-order valence-corrected chi connectivity index (χ0v) is 12.7. The highest BCUT2D eigenvalue weighted by molar-refractivity contribution is 6.36. The number of halogens is 2. The van der Waals surface area contributed by atoms with Crippen molar-refractivity contribution in [2.24, 2.45) is 0 Å². The van der Waals surface area contributed by atoms with Crippen LogP contribution < -0.4 is 9.64 Å². The molecule has 0 fully saturated rings. The second-order valence-electron chi connectivity index (χ2n) is 4.90. The fourth-order valence-electron chi connectivity index (χ4n) is 2.60. The van der Waals surface area contributed by atoms with Crippen LogP contribution in [-0.2, 0) is 13.0 Å². The first-order valence-corrected chi connectivity index (χ1v) is 7.29. The van der Waals surface area contributed by atoms with Gasteiger partial charge >= 0.3 is 0 Å². The smallest absolute Gasteiger partial charge is 0.119 e. The van der Waals surface area contributed by atoms with Crippen LogP contribution in [0, 0.1) is 0 Å². The zero-order valence-electron chi connectivity index (χ0n) is 11.2. The van der Waals surface area contributed by atoms with Crippen LogP contribution in [0.2, 0.25) is 10.0 Å². The van der Waals surface area contributed by atoms with Gasteiger partial charge in [-0.1, -0.05) is 29.3 Å². The molecule has 0 aromatic heterocycles. The second kappa shape index (κ2) is 5.55. The lowest BCUT2D eigenvalue weighted by molar-refractivity contribution is 0.414. The van der Waals surface area contributed by atoms with Gasteiger partial charge < -0.3 is 9.64 Å². The first kappa shape index (κ1) is 13.6. The average Bonchev–Trinajstić information content (AvgIpc) is 2.46. The molecule has 20 heavy (non-hydrogen) atoms. The molecule has 0 saturated carbocycles. The van der Waals surface area contributed by atoms with Gasteiger partial charge in [0.15, 0.2) is 0 Å². The third kappa shape index (κ3) is 2.58. The van der Waals surface area contributed by atoms with Crippen molar-refractivity contribution in [2.75, 3.05) is 18.6 Å². The summed E-state index contributed by atoms with van der Waals surface area (Å²) in [5, 5.41) is 1.37. The molecule has 1 aliphatic heterocycles. The quantitative estimate of drug-likeness (QED) is 0.806. The van der Waals surface area contributed by atoms with Crippen molar-refractivity contribution in [3.8, 4) is 5.75 Å². The van der Waals surface area contributed by atoms with Crippen LogP contribution in [-0.4, -0.2) is 13.7 Å². The number of nitrogens with zero attached hydrogens (tertiary/aromatic N) is 1. The molecule has 0 bridgehead atoms. The van der Waals surface area contributed by atoms with Crippen molar-refractivity contribution in [3.63, 3.8) is 0 Å². The van der Waals surface area contributed by atoms with E-state index in [0.29, 0.717) is 10.0 Å². The predicted octanol–water partition coefficient (Wildman–Crippen LogP) is 4.56. The van der Waals surface area contributed by atoms with Crippen molar-refractivity contribution < 1.29 is 4.74 Å². The molecule has 1 heterocycles. The van der Waals surface area contributed by atoms with Crippen LogP contribution in [0.4, 0.5) is 5.69 Å². The fourth-order valence-corrected chi connectivity index (χ4v) is 3.13. The molecular weight excluding hydrogens is 293 g/mol. The summed E-state index contributed by atoms with van der Waals surface area (Å²) in [4.78, 5) is 2.29. The van der Waals surface area contributed by atoms with Gasteiger partial charge in [-0.25, -0.2) is 0 Å². The van der Waals surface area contributed by atoms with Gasteiger partial charge in [-0.15, -0.1) is 0 Å². The largest absolute Gasteiger partial charge is 0.497 e. The van der Waals surface area contributed by atoms with Crippen LogP contribution in [0.15, 0.2) is 36.4 Å². The molecule has 3 rings (SSSR count). The molecule has 0 amide bonds. The van der Waals surface area contributed by atoms with Crippen molar-refractivity contribution in [1.29, 1.82) is 0 Å². The van der Waals surface area contributed by atoms with Gasteiger partial charge in [0.1, 0.15) is 5.75 Å². The Bertz CT molecular complexity index is 642. The molecule has 0 aliphatic carbocycles. The molecule has 2 aromatic rings. The molecule has 0 radical (unpaired) electrons. The van der Waals surface area contributed by atoms with Crippen LogP contribution >= 0.6 is 23.2 Å². The Labute approximate surface area is 128 Å². The highest BCUT2D eigenvalue weighted by Crippen LogP contribution is 2.33. The summed E-state index contributed by atoms with van der Waals surface area (Å²) >= 11 is 12.2. The van der Waals surface area contributed by atoms with E-state index in [1.165, 1.54) is 11.1 Å². The van der Waals surface area contributed by atoms with Crippen molar-refractivity contribution in [3.05, 3.63) is 57.6 Å². The summed E-state index contributed by atoms with van der Waals surface area (Å²) in [6, 6.07) is 11.9. The summed E-state index contributed by atoms with van der Waals surface area (Å²) in [6.45, 7) is 1.81. The molecule has 0 unspecified atom stereocenters. The monoisotopic (exact) mass is 307 g/mol. The van der Waals surface area contributed by atoms with Crippen LogP contribution in [0.1, 0.15) is 11.1 Å².